The Kier molecular flexibility index (Phi) is 7.45. The largest absolute Gasteiger partial charge is 0.481 e. The third kappa shape index (κ3) is 6.44. The van der Waals surface area contributed by atoms with Crippen LogP contribution in [-0.4, -0.2) is 40.9 Å². The van der Waals surface area contributed by atoms with Gasteiger partial charge in [-0.15, -0.1) is 0 Å². The number of nitrogens with zero attached hydrogens (tertiary/aromatic N) is 2. The van der Waals surface area contributed by atoms with Crippen LogP contribution in [0, 0.1) is 6.92 Å². The fourth-order valence-electron chi connectivity index (χ4n) is 3.01. The molecule has 0 aliphatic rings. The lowest BCUT2D eigenvalue weighted by atomic mass is 9.90. The van der Waals surface area contributed by atoms with E-state index >= 15 is 0 Å². The Morgan fingerprint density at radius 1 is 1.10 bits per heavy atom. The number of pyridine rings is 1. The quantitative estimate of drug-likeness (QED) is 0.587. The minimum Gasteiger partial charge on any atom is -0.481 e. The van der Waals surface area contributed by atoms with Gasteiger partial charge in [-0.05, 0) is 80.3 Å². The van der Waals surface area contributed by atoms with Crippen LogP contribution in [-0.2, 0) is 11.2 Å². The van der Waals surface area contributed by atoms with Crippen molar-refractivity contribution in [2.24, 2.45) is 0 Å². The standard InChI is InChI=1S/C20H19ClN2O2.C4H10O/c1-12-10-17-15(8-9-18(22-17)23(2)3)20(16(12)11-19(24)25)13-4-6-14(21)7-5-13;1-4(2,3)5/h4-10H,11H2,1-3H3,(H,24,25);5H,1-3H3. The van der Waals surface area contributed by atoms with Crippen molar-refractivity contribution in [2.45, 2.75) is 39.7 Å². The predicted octanol–water partition coefficient (Wildman–Crippen LogP) is 5.33. The molecule has 0 fully saturated rings. The van der Waals surface area contributed by atoms with Gasteiger partial charge < -0.3 is 15.1 Å². The number of aryl methyl sites for hydroxylation is 1. The van der Waals surface area contributed by atoms with Gasteiger partial charge in [-0.2, -0.15) is 0 Å². The maximum absolute atomic E-state index is 11.4. The summed E-state index contributed by atoms with van der Waals surface area (Å²) < 4.78 is 0. The minimum absolute atomic E-state index is 0.0326. The predicted molar refractivity (Wildman–Crippen MR) is 125 cm³/mol. The molecule has 1 aromatic heterocycles. The Bertz CT molecular complexity index is 1030. The molecule has 30 heavy (non-hydrogen) atoms. The number of hydrogen-bond donors (Lipinski definition) is 2. The van der Waals surface area contributed by atoms with Crippen LogP contribution in [0.2, 0.25) is 5.02 Å². The molecule has 5 nitrogen and oxygen atoms in total. The van der Waals surface area contributed by atoms with Gasteiger partial charge >= 0.3 is 5.97 Å². The molecular weight excluding hydrogens is 400 g/mol. The minimum atomic E-state index is -0.851. The smallest absolute Gasteiger partial charge is 0.307 e. The summed E-state index contributed by atoms with van der Waals surface area (Å²) in [6.45, 7) is 7.16. The molecule has 2 N–H and O–H groups in total. The summed E-state index contributed by atoms with van der Waals surface area (Å²) in [5.74, 6) is 0.00970. The maximum Gasteiger partial charge on any atom is 0.307 e. The molecule has 0 spiro atoms. The Morgan fingerprint density at radius 3 is 2.17 bits per heavy atom. The highest BCUT2D eigenvalue weighted by Gasteiger charge is 2.17. The van der Waals surface area contributed by atoms with Gasteiger partial charge in [0, 0.05) is 24.5 Å². The molecular formula is C24H29ClN2O3. The van der Waals surface area contributed by atoms with Crippen molar-refractivity contribution in [3.8, 4) is 11.1 Å². The van der Waals surface area contributed by atoms with E-state index < -0.39 is 11.6 Å². The molecule has 0 bridgehead atoms. The highest BCUT2D eigenvalue weighted by Crippen LogP contribution is 2.35. The van der Waals surface area contributed by atoms with Crippen LogP contribution < -0.4 is 4.90 Å². The van der Waals surface area contributed by atoms with E-state index in [1.54, 1.807) is 20.8 Å². The summed E-state index contributed by atoms with van der Waals surface area (Å²) in [5.41, 5.74) is 3.92. The highest BCUT2D eigenvalue weighted by atomic mass is 35.5. The monoisotopic (exact) mass is 428 g/mol. The summed E-state index contributed by atoms with van der Waals surface area (Å²) in [4.78, 5) is 18.1. The molecule has 0 amide bonds. The van der Waals surface area contributed by atoms with E-state index in [0.717, 1.165) is 39.0 Å². The average Bonchev–Trinajstić information content (AvgIpc) is 2.61. The molecule has 3 aromatic rings. The van der Waals surface area contributed by atoms with Gasteiger partial charge in [-0.25, -0.2) is 4.98 Å². The highest BCUT2D eigenvalue weighted by molar-refractivity contribution is 6.30. The van der Waals surface area contributed by atoms with Crippen molar-refractivity contribution < 1.29 is 15.0 Å². The van der Waals surface area contributed by atoms with Crippen molar-refractivity contribution in [1.82, 2.24) is 4.98 Å². The molecule has 0 aliphatic carbocycles. The van der Waals surface area contributed by atoms with Crippen LogP contribution in [0.5, 0.6) is 0 Å². The summed E-state index contributed by atoms with van der Waals surface area (Å²) in [6.07, 6.45) is -0.0326. The zero-order valence-electron chi connectivity index (χ0n) is 18.3. The zero-order valence-corrected chi connectivity index (χ0v) is 19.1. The number of carbonyl (C=O) groups is 1. The second-order valence-corrected chi connectivity index (χ2v) is 8.86. The number of aliphatic carboxylic acids is 1. The lowest BCUT2D eigenvalue weighted by Crippen LogP contribution is -2.11. The number of halogens is 1. The topological polar surface area (TPSA) is 73.7 Å². The Labute approximate surface area is 182 Å². The van der Waals surface area contributed by atoms with Crippen molar-refractivity contribution >= 4 is 34.3 Å². The fraction of sp³-hybridized carbons (Fsp3) is 0.333. The molecule has 0 saturated carbocycles. The number of aromatic nitrogens is 1. The van der Waals surface area contributed by atoms with Gasteiger partial charge in [0.05, 0.1) is 17.5 Å². The normalized spacial score (nSPS) is 11.1. The van der Waals surface area contributed by atoms with Crippen LogP contribution in [0.15, 0.2) is 42.5 Å². The molecule has 0 aliphatic heterocycles. The molecule has 0 atom stereocenters. The van der Waals surface area contributed by atoms with E-state index in [-0.39, 0.29) is 6.42 Å². The molecule has 3 rings (SSSR count). The Morgan fingerprint density at radius 2 is 1.67 bits per heavy atom. The third-order valence-electron chi connectivity index (χ3n) is 4.23. The van der Waals surface area contributed by atoms with Gasteiger partial charge in [-0.3, -0.25) is 4.79 Å². The van der Waals surface area contributed by atoms with E-state index in [4.69, 9.17) is 21.7 Å². The van der Waals surface area contributed by atoms with E-state index in [2.05, 4.69) is 0 Å². The molecule has 2 aromatic carbocycles. The SMILES string of the molecule is CC(C)(C)O.Cc1cc2nc(N(C)C)ccc2c(-c2ccc(Cl)cc2)c1CC(=O)O. The first-order valence-corrected chi connectivity index (χ1v) is 10.1. The number of fused-ring (bicyclic) bond motifs is 1. The van der Waals surface area contributed by atoms with Crippen LogP contribution in [0.1, 0.15) is 31.9 Å². The third-order valence-corrected chi connectivity index (χ3v) is 4.48. The number of carboxylic acids is 1. The van der Waals surface area contributed by atoms with Gasteiger partial charge in [0.25, 0.3) is 0 Å². The number of benzene rings is 2. The zero-order chi connectivity index (χ0) is 22.6. The van der Waals surface area contributed by atoms with E-state index in [9.17, 15) is 9.90 Å². The van der Waals surface area contributed by atoms with Crippen LogP contribution in [0.3, 0.4) is 0 Å². The van der Waals surface area contributed by atoms with Gasteiger partial charge in [0.1, 0.15) is 5.82 Å². The van der Waals surface area contributed by atoms with Crippen LogP contribution in [0.25, 0.3) is 22.0 Å². The Hall–Kier alpha value is -2.63. The summed E-state index contributed by atoms with van der Waals surface area (Å²) >= 11 is 6.02. The maximum atomic E-state index is 11.4. The van der Waals surface area contributed by atoms with Gasteiger partial charge in [0.15, 0.2) is 0 Å². The molecule has 160 valence electrons. The number of anilines is 1. The van der Waals surface area contributed by atoms with Gasteiger partial charge in [0.2, 0.25) is 0 Å². The number of aliphatic hydroxyl groups is 1. The first-order valence-electron chi connectivity index (χ1n) is 9.67. The van der Waals surface area contributed by atoms with Crippen LogP contribution in [0.4, 0.5) is 5.82 Å². The molecule has 0 unspecified atom stereocenters. The van der Waals surface area contributed by atoms with E-state index in [1.165, 1.54) is 0 Å². The number of carboxylic acid groups (broad SMARTS) is 1. The van der Waals surface area contributed by atoms with Crippen molar-refractivity contribution in [3.05, 3.63) is 58.6 Å². The summed E-state index contributed by atoms with van der Waals surface area (Å²) in [6, 6.07) is 13.4. The second-order valence-electron chi connectivity index (χ2n) is 8.43. The van der Waals surface area contributed by atoms with E-state index in [1.807, 2.05) is 68.4 Å². The molecule has 1 heterocycles. The van der Waals surface area contributed by atoms with Crippen molar-refractivity contribution in [2.75, 3.05) is 19.0 Å². The second kappa shape index (κ2) is 9.45. The number of hydrogen-bond acceptors (Lipinski definition) is 4. The van der Waals surface area contributed by atoms with E-state index in [0.29, 0.717) is 5.02 Å². The van der Waals surface area contributed by atoms with Crippen molar-refractivity contribution in [1.29, 1.82) is 0 Å². The molecule has 0 radical (unpaired) electrons. The molecule has 6 heteroatoms. The van der Waals surface area contributed by atoms with Crippen molar-refractivity contribution in [3.63, 3.8) is 0 Å². The lowest BCUT2D eigenvalue weighted by Gasteiger charge is -2.17. The first-order chi connectivity index (χ1) is 13.9. The summed E-state index contributed by atoms with van der Waals surface area (Å²) in [5, 5.41) is 19.5. The first kappa shape index (κ1) is 23.6. The van der Waals surface area contributed by atoms with Gasteiger partial charge in [-0.1, -0.05) is 23.7 Å². The number of rotatable bonds is 4. The summed E-state index contributed by atoms with van der Waals surface area (Å²) in [7, 11) is 3.89. The average molecular weight is 429 g/mol. The molecule has 0 saturated heterocycles. The lowest BCUT2D eigenvalue weighted by molar-refractivity contribution is -0.136. The Balaban J connectivity index is 0.000000575. The van der Waals surface area contributed by atoms with Crippen LogP contribution >= 0.6 is 11.6 Å². The fourth-order valence-corrected chi connectivity index (χ4v) is 3.14.